The lowest BCUT2D eigenvalue weighted by Crippen LogP contribution is -2.14. The third kappa shape index (κ3) is 2.91. The number of sulfonamides is 1. The lowest BCUT2D eigenvalue weighted by atomic mass is 10.4. The molecule has 0 saturated carbocycles. The highest BCUT2D eigenvalue weighted by Gasteiger charge is 2.24. The van der Waals surface area contributed by atoms with Crippen molar-refractivity contribution in [3.63, 3.8) is 0 Å². The highest BCUT2D eigenvalue weighted by molar-refractivity contribution is 7.94. The van der Waals surface area contributed by atoms with Crippen LogP contribution in [0.4, 0.5) is 10.2 Å². The number of aryl methyl sites for hydroxylation is 1. The molecule has 2 heterocycles. The number of thiazole rings is 1. The summed E-state index contributed by atoms with van der Waals surface area (Å²) in [6.07, 6.45) is 0. The van der Waals surface area contributed by atoms with Crippen LogP contribution in [0.25, 0.3) is 0 Å². The van der Waals surface area contributed by atoms with Crippen molar-refractivity contribution in [2.75, 3.05) is 4.72 Å². The van der Waals surface area contributed by atoms with Gasteiger partial charge in [-0.2, -0.15) is 12.8 Å². The third-order valence-corrected chi connectivity index (χ3v) is 5.03. The molecule has 2 N–H and O–H groups in total. The zero-order valence-electron chi connectivity index (χ0n) is 9.99. The third-order valence-electron chi connectivity index (χ3n) is 2.16. The molecule has 10 heteroatoms. The van der Waals surface area contributed by atoms with E-state index in [4.69, 9.17) is 5.11 Å². The summed E-state index contributed by atoms with van der Waals surface area (Å²) in [5, 5.41) is 8.86. The molecule has 2 rings (SSSR count). The predicted molar refractivity (Wildman–Crippen MR) is 68.8 cm³/mol. The van der Waals surface area contributed by atoms with E-state index >= 15 is 0 Å². The van der Waals surface area contributed by atoms with Gasteiger partial charge >= 0.3 is 5.97 Å². The summed E-state index contributed by atoms with van der Waals surface area (Å²) >= 11 is 0.515. The van der Waals surface area contributed by atoms with Gasteiger partial charge in [0.15, 0.2) is 0 Å². The molecule has 0 radical (unpaired) electrons. The molecule has 20 heavy (non-hydrogen) atoms. The first-order valence-corrected chi connectivity index (χ1v) is 7.45. The Morgan fingerprint density at radius 2 is 2.10 bits per heavy atom. The van der Waals surface area contributed by atoms with Crippen molar-refractivity contribution >= 4 is 33.1 Å². The van der Waals surface area contributed by atoms with Crippen molar-refractivity contribution in [1.29, 1.82) is 0 Å². The first-order valence-electron chi connectivity index (χ1n) is 5.15. The second-order valence-corrected chi connectivity index (χ2v) is 6.51. The molecule has 0 atom stereocenters. The number of nitrogens with one attached hydrogen (secondary N) is 1. The Morgan fingerprint density at radius 1 is 1.40 bits per heavy atom. The Balaban J connectivity index is 2.36. The number of aromatic carboxylic acids is 1. The van der Waals surface area contributed by atoms with Crippen LogP contribution in [0.15, 0.2) is 22.5 Å². The number of halogens is 1. The van der Waals surface area contributed by atoms with E-state index < -0.39 is 26.3 Å². The average molecular weight is 317 g/mol. The normalized spacial score (nSPS) is 11.3. The van der Waals surface area contributed by atoms with Crippen molar-refractivity contribution in [2.24, 2.45) is 0 Å². The summed E-state index contributed by atoms with van der Waals surface area (Å²) in [6.45, 7) is 1.39. The molecule has 2 aromatic rings. The van der Waals surface area contributed by atoms with Gasteiger partial charge in [-0.15, -0.1) is 0 Å². The fraction of sp³-hybridized carbons (Fsp3) is 0.100. The van der Waals surface area contributed by atoms with Crippen molar-refractivity contribution < 1.29 is 22.7 Å². The quantitative estimate of drug-likeness (QED) is 0.827. The highest BCUT2D eigenvalue weighted by Crippen LogP contribution is 2.23. The van der Waals surface area contributed by atoms with E-state index in [0.717, 1.165) is 6.07 Å². The number of carbonyl (C=O) groups is 1. The van der Waals surface area contributed by atoms with Gasteiger partial charge < -0.3 is 5.11 Å². The van der Waals surface area contributed by atoms with Gasteiger partial charge in [0.25, 0.3) is 10.0 Å². The van der Waals surface area contributed by atoms with Crippen LogP contribution in [-0.2, 0) is 10.0 Å². The van der Waals surface area contributed by atoms with Crippen LogP contribution >= 0.6 is 11.3 Å². The fourth-order valence-electron chi connectivity index (χ4n) is 1.33. The minimum absolute atomic E-state index is 0.0927. The van der Waals surface area contributed by atoms with Crippen LogP contribution < -0.4 is 4.72 Å². The van der Waals surface area contributed by atoms with Gasteiger partial charge in [-0.3, -0.25) is 4.72 Å². The van der Waals surface area contributed by atoms with Crippen LogP contribution in [0, 0.1) is 12.9 Å². The van der Waals surface area contributed by atoms with Gasteiger partial charge in [0.1, 0.15) is 10.7 Å². The van der Waals surface area contributed by atoms with Gasteiger partial charge in [-0.25, -0.2) is 14.8 Å². The number of carboxylic acids is 1. The number of rotatable bonds is 4. The Bertz CT molecular complexity index is 773. The van der Waals surface area contributed by atoms with E-state index in [2.05, 4.69) is 9.97 Å². The van der Waals surface area contributed by atoms with E-state index in [9.17, 15) is 17.6 Å². The molecule has 0 fully saturated rings. The zero-order valence-corrected chi connectivity index (χ0v) is 11.6. The Hall–Kier alpha value is -2.07. The first kappa shape index (κ1) is 14.3. The maximum Gasteiger partial charge on any atom is 0.347 e. The summed E-state index contributed by atoms with van der Waals surface area (Å²) in [5.74, 6) is -2.31. The molecule has 0 aliphatic rings. The van der Waals surface area contributed by atoms with Crippen LogP contribution in [0.3, 0.4) is 0 Å². The molecular weight excluding hydrogens is 309 g/mol. The topological polar surface area (TPSA) is 109 Å². The van der Waals surface area contributed by atoms with Gasteiger partial charge in [0.2, 0.25) is 10.3 Å². The molecule has 0 bridgehead atoms. The summed E-state index contributed by atoms with van der Waals surface area (Å²) in [7, 11) is -4.10. The van der Waals surface area contributed by atoms with Gasteiger partial charge in [0, 0.05) is 0 Å². The molecule has 0 aromatic carbocycles. The van der Waals surface area contributed by atoms with E-state index in [1.165, 1.54) is 19.1 Å². The minimum Gasteiger partial charge on any atom is -0.477 e. The zero-order chi connectivity index (χ0) is 14.9. The number of anilines is 1. The first-order chi connectivity index (χ1) is 9.29. The van der Waals surface area contributed by atoms with E-state index in [0.29, 0.717) is 11.3 Å². The molecule has 0 unspecified atom stereocenters. The van der Waals surface area contributed by atoms with Crippen LogP contribution in [0.1, 0.15) is 15.4 Å². The average Bonchev–Trinajstić information content (AvgIpc) is 2.71. The summed E-state index contributed by atoms with van der Waals surface area (Å²) in [6, 6.07) is 3.61. The van der Waals surface area contributed by atoms with Crippen molar-refractivity contribution in [3.8, 4) is 0 Å². The minimum atomic E-state index is -4.10. The predicted octanol–water partition coefficient (Wildman–Crippen LogP) is 1.48. The van der Waals surface area contributed by atoms with Gasteiger partial charge in [-0.05, 0) is 19.1 Å². The lowest BCUT2D eigenvalue weighted by Gasteiger charge is -2.03. The smallest absolute Gasteiger partial charge is 0.347 e. The molecular formula is C10H8FN3O4S2. The molecule has 106 valence electrons. The number of pyridine rings is 1. The van der Waals surface area contributed by atoms with Gasteiger partial charge in [0.05, 0.1) is 5.69 Å². The molecule has 0 amide bonds. The molecule has 0 saturated heterocycles. The monoisotopic (exact) mass is 317 g/mol. The van der Waals surface area contributed by atoms with Crippen molar-refractivity contribution in [3.05, 3.63) is 34.7 Å². The number of aromatic nitrogens is 2. The Kier molecular flexibility index (Phi) is 3.68. The summed E-state index contributed by atoms with van der Waals surface area (Å²) < 4.78 is 38.5. The van der Waals surface area contributed by atoms with Crippen LogP contribution in [0.2, 0.25) is 0 Å². The highest BCUT2D eigenvalue weighted by atomic mass is 32.2. The molecule has 0 aliphatic carbocycles. The number of carboxylic acid groups (broad SMARTS) is 1. The largest absolute Gasteiger partial charge is 0.477 e. The number of hydrogen-bond donors (Lipinski definition) is 2. The van der Waals surface area contributed by atoms with Crippen molar-refractivity contribution in [2.45, 2.75) is 11.3 Å². The second-order valence-electron chi connectivity index (χ2n) is 3.65. The molecule has 2 aromatic heterocycles. The fourth-order valence-corrected chi connectivity index (χ4v) is 3.52. The molecule has 7 nitrogen and oxygen atoms in total. The second kappa shape index (κ2) is 5.13. The molecule has 0 spiro atoms. The maximum atomic E-state index is 12.9. The Morgan fingerprint density at radius 3 is 2.65 bits per heavy atom. The van der Waals surface area contributed by atoms with Gasteiger partial charge in [-0.1, -0.05) is 17.4 Å². The maximum absolute atomic E-state index is 12.9. The van der Waals surface area contributed by atoms with E-state index in [1.54, 1.807) is 0 Å². The lowest BCUT2D eigenvalue weighted by molar-refractivity contribution is 0.0701. The Labute approximate surface area is 117 Å². The van der Waals surface area contributed by atoms with Crippen LogP contribution in [-0.4, -0.2) is 29.5 Å². The summed E-state index contributed by atoms with van der Waals surface area (Å²) in [5.41, 5.74) is 0.0927. The summed E-state index contributed by atoms with van der Waals surface area (Å²) in [4.78, 5) is 17.7. The SMILES string of the molecule is Cc1nc(S(=O)(=O)Nc2cccc(F)n2)sc1C(=O)O. The number of hydrogen-bond acceptors (Lipinski definition) is 6. The molecule has 0 aliphatic heterocycles. The van der Waals surface area contributed by atoms with Crippen LogP contribution in [0.5, 0.6) is 0 Å². The number of nitrogens with zero attached hydrogens (tertiary/aromatic N) is 2. The van der Waals surface area contributed by atoms with E-state index in [-0.39, 0.29) is 16.4 Å². The van der Waals surface area contributed by atoms with Crippen molar-refractivity contribution in [1.82, 2.24) is 9.97 Å². The van der Waals surface area contributed by atoms with E-state index in [1.807, 2.05) is 4.72 Å². The standard InChI is InChI=1S/C10H8FN3O4S2/c1-5-8(9(15)16)19-10(12-5)20(17,18)14-7-4-2-3-6(11)13-7/h2-4H,1H3,(H,13,14)(H,15,16).